The van der Waals surface area contributed by atoms with Crippen molar-refractivity contribution >= 4 is 5.97 Å². The van der Waals surface area contributed by atoms with E-state index in [1.807, 2.05) is 12.1 Å². The Hall–Kier alpha value is -1.42. The third-order valence-corrected chi connectivity index (χ3v) is 2.77. The summed E-state index contributed by atoms with van der Waals surface area (Å²) < 4.78 is 0. The van der Waals surface area contributed by atoms with Gasteiger partial charge < -0.3 is 5.11 Å². The van der Waals surface area contributed by atoms with Crippen LogP contribution in [-0.2, 0) is 4.79 Å². The van der Waals surface area contributed by atoms with Gasteiger partial charge in [-0.15, -0.1) is 0 Å². The Labute approximate surface area is 88.3 Å². The van der Waals surface area contributed by atoms with Gasteiger partial charge >= 0.3 is 5.97 Å². The molecular weight excluding hydrogens is 192 g/mol. The minimum atomic E-state index is -0.761. The summed E-state index contributed by atoms with van der Waals surface area (Å²) in [5.74, 6) is -0.761. The zero-order valence-corrected chi connectivity index (χ0v) is 8.39. The lowest BCUT2D eigenvalue weighted by atomic mass is 9.94. The molecule has 1 saturated heterocycles. The summed E-state index contributed by atoms with van der Waals surface area (Å²) in [6, 6.07) is 3.58. The number of pyridine rings is 1. The number of carboxylic acid groups (broad SMARTS) is 1. The van der Waals surface area contributed by atoms with Crippen LogP contribution in [0.4, 0.5) is 0 Å². The molecule has 1 aromatic rings. The van der Waals surface area contributed by atoms with Crippen molar-refractivity contribution in [2.45, 2.75) is 31.3 Å². The van der Waals surface area contributed by atoms with Gasteiger partial charge in [0.15, 0.2) is 0 Å². The van der Waals surface area contributed by atoms with Gasteiger partial charge in [0.2, 0.25) is 0 Å². The maximum Gasteiger partial charge on any atom is 0.320 e. The number of carbonyl (C=O) groups is 1. The zero-order chi connectivity index (χ0) is 10.7. The third kappa shape index (κ3) is 2.33. The van der Waals surface area contributed by atoms with E-state index >= 15 is 0 Å². The molecule has 1 aromatic heterocycles. The highest BCUT2D eigenvalue weighted by atomic mass is 16.4. The number of hydrogen-bond donors (Lipinski definition) is 2. The van der Waals surface area contributed by atoms with Crippen LogP contribution < -0.4 is 5.32 Å². The lowest BCUT2D eigenvalue weighted by molar-refractivity contribution is -0.140. The van der Waals surface area contributed by atoms with Crippen LogP contribution >= 0.6 is 0 Å². The van der Waals surface area contributed by atoms with E-state index in [9.17, 15) is 4.79 Å². The highest BCUT2D eigenvalue weighted by molar-refractivity contribution is 5.73. The normalized spacial score (nSPS) is 26.1. The first-order valence-corrected chi connectivity index (χ1v) is 5.16. The smallest absolute Gasteiger partial charge is 0.320 e. The highest BCUT2D eigenvalue weighted by Crippen LogP contribution is 2.24. The SMILES string of the molecule is O=C(O)[C@@H]1CCCC(c2cccnc2)N1. The molecule has 1 aliphatic rings. The van der Waals surface area contributed by atoms with Gasteiger partial charge in [-0.05, 0) is 30.9 Å². The molecule has 4 nitrogen and oxygen atoms in total. The average Bonchev–Trinajstić information content (AvgIpc) is 2.30. The molecular formula is C11H14N2O2. The van der Waals surface area contributed by atoms with Crippen LogP contribution in [0.2, 0.25) is 0 Å². The Kier molecular flexibility index (Phi) is 2.97. The topological polar surface area (TPSA) is 62.2 Å². The summed E-state index contributed by atoms with van der Waals surface area (Å²) in [4.78, 5) is 14.9. The monoisotopic (exact) mass is 206 g/mol. The number of aromatic nitrogens is 1. The van der Waals surface area contributed by atoms with Crippen molar-refractivity contribution in [3.05, 3.63) is 30.1 Å². The van der Waals surface area contributed by atoms with Crippen LogP contribution in [0.5, 0.6) is 0 Å². The van der Waals surface area contributed by atoms with Crippen molar-refractivity contribution in [2.24, 2.45) is 0 Å². The quantitative estimate of drug-likeness (QED) is 0.766. The van der Waals surface area contributed by atoms with Crippen molar-refractivity contribution in [3.63, 3.8) is 0 Å². The van der Waals surface area contributed by atoms with E-state index in [4.69, 9.17) is 5.11 Å². The van der Waals surface area contributed by atoms with E-state index in [1.54, 1.807) is 12.4 Å². The molecule has 1 aliphatic heterocycles. The highest BCUT2D eigenvalue weighted by Gasteiger charge is 2.26. The molecule has 2 heterocycles. The summed E-state index contributed by atoms with van der Waals surface area (Å²) in [6.07, 6.45) is 6.16. The summed E-state index contributed by atoms with van der Waals surface area (Å²) in [6.45, 7) is 0. The predicted octanol–water partition coefficient (Wildman–Crippen LogP) is 1.35. The molecule has 1 unspecified atom stereocenters. The largest absolute Gasteiger partial charge is 0.480 e. The minimum absolute atomic E-state index is 0.133. The van der Waals surface area contributed by atoms with E-state index in [0.717, 1.165) is 18.4 Å². The second-order valence-corrected chi connectivity index (χ2v) is 3.83. The number of nitrogens with one attached hydrogen (secondary N) is 1. The van der Waals surface area contributed by atoms with Crippen molar-refractivity contribution in [2.75, 3.05) is 0 Å². The summed E-state index contributed by atoms with van der Waals surface area (Å²) in [5.41, 5.74) is 1.07. The summed E-state index contributed by atoms with van der Waals surface area (Å²) >= 11 is 0. The van der Waals surface area contributed by atoms with Gasteiger partial charge in [0, 0.05) is 18.4 Å². The average molecular weight is 206 g/mol. The van der Waals surface area contributed by atoms with E-state index in [0.29, 0.717) is 6.42 Å². The molecule has 1 fully saturated rings. The van der Waals surface area contributed by atoms with Crippen LogP contribution in [0.25, 0.3) is 0 Å². The van der Waals surface area contributed by atoms with E-state index < -0.39 is 12.0 Å². The molecule has 2 rings (SSSR count). The Morgan fingerprint density at radius 3 is 3.07 bits per heavy atom. The third-order valence-electron chi connectivity index (χ3n) is 2.77. The molecule has 0 amide bonds. The Morgan fingerprint density at radius 2 is 2.40 bits per heavy atom. The number of carboxylic acids is 1. The standard InChI is InChI=1S/C11H14N2O2/c14-11(15)10-5-1-4-9(13-10)8-3-2-6-12-7-8/h2-3,6-7,9-10,13H,1,4-5H2,(H,14,15)/t9?,10-/m0/s1. The van der Waals surface area contributed by atoms with Crippen LogP contribution in [0, 0.1) is 0 Å². The van der Waals surface area contributed by atoms with Gasteiger partial charge in [-0.25, -0.2) is 0 Å². The first-order chi connectivity index (χ1) is 7.27. The van der Waals surface area contributed by atoms with E-state index in [-0.39, 0.29) is 6.04 Å². The van der Waals surface area contributed by atoms with Crippen molar-refractivity contribution < 1.29 is 9.90 Å². The fourth-order valence-corrected chi connectivity index (χ4v) is 1.98. The van der Waals surface area contributed by atoms with Gasteiger partial charge in [-0.2, -0.15) is 0 Å². The molecule has 2 N–H and O–H groups in total. The summed E-state index contributed by atoms with van der Waals surface area (Å²) in [5, 5.41) is 12.1. The molecule has 0 bridgehead atoms. The molecule has 2 atom stereocenters. The molecule has 4 heteroatoms. The second kappa shape index (κ2) is 4.40. The number of nitrogens with zero attached hydrogens (tertiary/aromatic N) is 1. The van der Waals surface area contributed by atoms with Gasteiger partial charge in [0.25, 0.3) is 0 Å². The number of aliphatic carboxylic acids is 1. The predicted molar refractivity (Wildman–Crippen MR) is 55.4 cm³/mol. The van der Waals surface area contributed by atoms with Crippen LogP contribution in [0.1, 0.15) is 30.9 Å². The number of hydrogen-bond acceptors (Lipinski definition) is 3. The number of piperidine rings is 1. The molecule has 0 spiro atoms. The van der Waals surface area contributed by atoms with Gasteiger partial charge in [0.05, 0.1) is 0 Å². The maximum atomic E-state index is 10.9. The van der Waals surface area contributed by atoms with Gasteiger partial charge in [-0.1, -0.05) is 6.07 Å². The molecule has 15 heavy (non-hydrogen) atoms. The second-order valence-electron chi connectivity index (χ2n) is 3.83. The van der Waals surface area contributed by atoms with Crippen molar-refractivity contribution in [1.82, 2.24) is 10.3 Å². The maximum absolute atomic E-state index is 10.9. The van der Waals surface area contributed by atoms with Crippen molar-refractivity contribution in [1.29, 1.82) is 0 Å². The number of rotatable bonds is 2. The fraction of sp³-hybridized carbons (Fsp3) is 0.455. The fourth-order valence-electron chi connectivity index (χ4n) is 1.98. The Balaban J connectivity index is 2.08. The molecule has 0 radical (unpaired) electrons. The molecule has 80 valence electrons. The van der Waals surface area contributed by atoms with E-state index in [2.05, 4.69) is 10.3 Å². The lowest BCUT2D eigenvalue weighted by Crippen LogP contribution is -2.42. The molecule has 0 aliphatic carbocycles. The van der Waals surface area contributed by atoms with E-state index in [1.165, 1.54) is 0 Å². The van der Waals surface area contributed by atoms with Gasteiger partial charge in [0.1, 0.15) is 6.04 Å². The van der Waals surface area contributed by atoms with Crippen LogP contribution in [0.15, 0.2) is 24.5 Å². The summed E-state index contributed by atoms with van der Waals surface area (Å²) in [7, 11) is 0. The zero-order valence-electron chi connectivity index (χ0n) is 8.39. The first-order valence-electron chi connectivity index (χ1n) is 5.16. The Bertz CT molecular complexity index is 340. The first kappa shape index (κ1) is 10.1. The van der Waals surface area contributed by atoms with Crippen LogP contribution in [0.3, 0.4) is 0 Å². The Morgan fingerprint density at radius 1 is 1.53 bits per heavy atom. The molecule has 0 saturated carbocycles. The minimum Gasteiger partial charge on any atom is -0.480 e. The lowest BCUT2D eigenvalue weighted by Gasteiger charge is -2.28. The van der Waals surface area contributed by atoms with Crippen molar-refractivity contribution in [3.8, 4) is 0 Å². The molecule has 0 aromatic carbocycles. The van der Waals surface area contributed by atoms with Crippen LogP contribution in [-0.4, -0.2) is 22.1 Å². The van der Waals surface area contributed by atoms with Gasteiger partial charge in [-0.3, -0.25) is 15.1 Å².